The van der Waals surface area contributed by atoms with Crippen LogP contribution in [0.25, 0.3) is 0 Å². The molecule has 1 fully saturated rings. The highest BCUT2D eigenvalue weighted by Gasteiger charge is 2.26. The molecule has 3 heteroatoms. The summed E-state index contributed by atoms with van der Waals surface area (Å²) < 4.78 is 14.4. The number of ketones is 1. The first kappa shape index (κ1) is 12.2. The Morgan fingerprint density at radius 3 is 2.88 bits per heavy atom. The lowest BCUT2D eigenvalue weighted by Gasteiger charge is -2.26. The third kappa shape index (κ3) is 2.72. The fourth-order valence-corrected chi connectivity index (χ4v) is 2.44. The minimum absolute atomic E-state index is 0.00995. The Balaban J connectivity index is 2.23. The van der Waals surface area contributed by atoms with Crippen LogP contribution in [0.15, 0.2) is 24.3 Å². The molecule has 2 rings (SSSR count). The predicted molar refractivity (Wildman–Crippen MR) is 65.9 cm³/mol. The maximum atomic E-state index is 14.4. The fraction of sp³-hybridized carbons (Fsp3) is 0.500. The number of nitrogens with one attached hydrogen (secondary N) is 1. The topological polar surface area (TPSA) is 29.1 Å². The molecule has 0 amide bonds. The van der Waals surface area contributed by atoms with Gasteiger partial charge in [0.2, 0.25) is 0 Å². The van der Waals surface area contributed by atoms with Gasteiger partial charge in [0.05, 0.1) is 0 Å². The standard InChI is InChI=1S/C14H18FNO/c1-10(17)12-6-2-3-7-13(12)14(15)11-5-4-8-16-9-11/h2-3,6-7,11,14,16H,4-5,8-9H2,1H3. The van der Waals surface area contributed by atoms with Crippen molar-refractivity contribution in [2.24, 2.45) is 5.92 Å². The van der Waals surface area contributed by atoms with Gasteiger partial charge in [-0.25, -0.2) is 4.39 Å². The van der Waals surface area contributed by atoms with Gasteiger partial charge in [0.25, 0.3) is 0 Å². The normalized spacial score (nSPS) is 22.1. The van der Waals surface area contributed by atoms with E-state index in [1.807, 2.05) is 0 Å². The SMILES string of the molecule is CC(=O)c1ccccc1C(F)C1CCCNC1. The molecular formula is C14H18FNO. The van der Waals surface area contributed by atoms with Gasteiger partial charge in [-0.2, -0.15) is 0 Å². The molecule has 1 heterocycles. The van der Waals surface area contributed by atoms with Crippen LogP contribution in [0.3, 0.4) is 0 Å². The number of Topliss-reactive ketones (excluding diaryl/α,β-unsaturated/α-hetero) is 1. The number of halogens is 1. The summed E-state index contributed by atoms with van der Waals surface area (Å²) in [6, 6.07) is 7.02. The van der Waals surface area contributed by atoms with E-state index in [9.17, 15) is 9.18 Å². The number of piperidine rings is 1. The number of carbonyl (C=O) groups excluding carboxylic acids is 1. The second kappa shape index (κ2) is 5.41. The Morgan fingerprint density at radius 1 is 1.47 bits per heavy atom. The highest BCUT2D eigenvalue weighted by molar-refractivity contribution is 5.95. The summed E-state index contributed by atoms with van der Waals surface area (Å²) in [5.41, 5.74) is 1.07. The Hall–Kier alpha value is -1.22. The van der Waals surface area contributed by atoms with Gasteiger partial charge < -0.3 is 5.32 Å². The lowest BCUT2D eigenvalue weighted by atomic mass is 9.88. The molecule has 0 aromatic heterocycles. The van der Waals surface area contributed by atoms with E-state index in [2.05, 4.69) is 5.32 Å². The molecule has 1 N–H and O–H groups in total. The van der Waals surface area contributed by atoms with Crippen LogP contribution < -0.4 is 5.32 Å². The number of hydrogen-bond acceptors (Lipinski definition) is 2. The minimum atomic E-state index is -1.04. The van der Waals surface area contributed by atoms with Crippen LogP contribution in [0.1, 0.15) is 41.9 Å². The Labute approximate surface area is 101 Å². The molecule has 1 aromatic rings. The lowest BCUT2D eigenvalue weighted by molar-refractivity contribution is 0.101. The van der Waals surface area contributed by atoms with E-state index in [1.165, 1.54) is 6.92 Å². The summed E-state index contributed by atoms with van der Waals surface area (Å²) in [4.78, 5) is 11.5. The zero-order valence-electron chi connectivity index (χ0n) is 10.1. The molecule has 2 nitrogen and oxygen atoms in total. The molecule has 1 aromatic carbocycles. The van der Waals surface area contributed by atoms with Gasteiger partial charge in [0.1, 0.15) is 6.17 Å². The largest absolute Gasteiger partial charge is 0.316 e. The van der Waals surface area contributed by atoms with E-state index in [4.69, 9.17) is 0 Å². The van der Waals surface area contributed by atoms with Crippen molar-refractivity contribution in [1.82, 2.24) is 5.32 Å². The van der Waals surface area contributed by atoms with Crippen LogP contribution >= 0.6 is 0 Å². The van der Waals surface area contributed by atoms with Crippen molar-refractivity contribution in [3.05, 3.63) is 35.4 Å². The second-order valence-corrected chi connectivity index (χ2v) is 4.65. The average Bonchev–Trinajstić information content (AvgIpc) is 2.39. The molecule has 1 saturated heterocycles. The molecule has 0 bridgehead atoms. The molecule has 0 saturated carbocycles. The zero-order valence-corrected chi connectivity index (χ0v) is 10.1. The van der Waals surface area contributed by atoms with E-state index in [-0.39, 0.29) is 11.7 Å². The number of carbonyl (C=O) groups is 1. The van der Waals surface area contributed by atoms with Gasteiger partial charge in [-0.3, -0.25) is 4.79 Å². The minimum Gasteiger partial charge on any atom is -0.316 e. The number of benzene rings is 1. The van der Waals surface area contributed by atoms with Crippen molar-refractivity contribution in [3.8, 4) is 0 Å². The van der Waals surface area contributed by atoms with E-state index in [1.54, 1.807) is 24.3 Å². The van der Waals surface area contributed by atoms with Crippen molar-refractivity contribution in [1.29, 1.82) is 0 Å². The summed E-state index contributed by atoms with van der Waals surface area (Å²) in [5.74, 6) is -0.0729. The first-order chi connectivity index (χ1) is 8.20. The van der Waals surface area contributed by atoms with Crippen molar-refractivity contribution < 1.29 is 9.18 Å². The predicted octanol–water partition coefficient (Wildman–Crippen LogP) is 2.90. The zero-order chi connectivity index (χ0) is 12.3. The quantitative estimate of drug-likeness (QED) is 0.816. The number of hydrogen-bond donors (Lipinski definition) is 1. The molecule has 0 spiro atoms. The molecule has 17 heavy (non-hydrogen) atoms. The van der Waals surface area contributed by atoms with E-state index < -0.39 is 6.17 Å². The Kier molecular flexibility index (Phi) is 3.89. The van der Waals surface area contributed by atoms with E-state index >= 15 is 0 Å². The van der Waals surface area contributed by atoms with Gasteiger partial charge in [0.15, 0.2) is 5.78 Å². The van der Waals surface area contributed by atoms with Crippen molar-refractivity contribution in [2.75, 3.05) is 13.1 Å². The summed E-state index contributed by atoms with van der Waals surface area (Å²) in [5, 5.41) is 3.21. The van der Waals surface area contributed by atoms with Crippen LogP contribution in [-0.4, -0.2) is 18.9 Å². The van der Waals surface area contributed by atoms with Crippen molar-refractivity contribution >= 4 is 5.78 Å². The van der Waals surface area contributed by atoms with Crippen molar-refractivity contribution in [2.45, 2.75) is 25.9 Å². The lowest BCUT2D eigenvalue weighted by Crippen LogP contribution is -2.32. The maximum Gasteiger partial charge on any atom is 0.160 e. The first-order valence-corrected chi connectivity index (χ1v) is 6.15. The molecule has 0 aliphatic carbocycles. The number of alkyl halides is 1. The maximum absolute atomic E-state index is 14.4. The molecule has 92 valence electrons. The van der Waals surface area contributed by atoms with E-state index in [0.717, 1.165) is 19.4 Å². The summed E-state index contributed by atoms with van der Waals surface area (Å²) in [6.07, 6.45) is 0.858. The van der Waals surface area contributed by atoms with Crippen LogP contribution in [-0.2, 0) is 0 Å². The van der Waals surface area contributed by atoms with Crippen molar-refractivity contribution in [3.63, 3.8) is 0 Å². The van der Waals surface area contributed by atoms with E-state index in [0.29, 0.717) is 17.7 Å². The first-order valence-electron chi connectivity index (χ1n) is 6.15. The third-order valence-electron chi connectivity index (χ3n) is 3.39. The highest BCUT2D eigenvalue weighted by atomic mass is 19.1. The average molecular weight is 235 g/mol. The molecule has 2 unspecified atom stereocenters. The summed E-state index contributed by atoms with van der Waals surface area (Å²) in [7, 11) is 0. The second-order valence-electron chi connectivity index (χ2n) is 4.65. The smallest absolute Gasteiger partial charge is 0.160 e. The Bertz CT molecular complexity index is 399. The molecular weight excluding hydrogens is 217 g/mol. The van der Waals surface area contributed by atoms with Gasteiger partial charge in [-0.05, 0) is 31.9 Å². The number of rotatable bonds is 3. The molecule has 2 atom stereocenters. The van der Waals surface area contributed by atoms with Crippen LogP contribution in [0.5, 0.6) is 0 Å². The van der Waals surface area contributed by atoms with Gasteiger partial charge in [-0.15, -0.1) is 0 Å². The fourth-order valence-electron chi connectivity index (χ4n) is 2.44. The molecule has 1 aliphatic heterocycles. The van der Waals surface area contributed by atoms with Crippen LogP contribution in [0.4, 0.5) is 4.39 Å². The Morgan fingerprint density at radius 2 is 2.24 bits per heavy atom. The molecule has 1 aliphatic rings. The monoisotopic (exact) mass is 235 g/mol. The van der Waals surface area contributed by atoms with Crippen LogP contribution in [0, 0.1) is 5.92 Å². The summed E-state index contributed by atoms with van der Waals surface area (Å²) >= 11 is 0. The molecule has 0 radical (unpaired) electrons. The van der Waals surface area contributed by atoms with Crippen LogP contribution in [0.2, 0.25) is 0 Å². The van der Waals surface area contributed by atoms with Gasteiger partial charge >= 0.3 is 0 Å². The third-order valence-corrected chi connectivity index (χ3v) is 3.39. The van der Waals surface area contributed by atoms with Gasteiger partial charge in [0, 0.05) is 18.0 Å². The highest BCUT2D eigenvalue weighted by Crippen LogP contribution is 2.32. The summed E-state index contributed by atoms with van der Waals surface area (Å²) in [6.45, 7) is 3.16. The van der Waals surface area contributed by atoms with Gasteiger partial charge in [-0.1, -0.05) is 24.3 Å².